The van der Waals surface area contributed by atoms with Crippen LogP contribution in [0.4, 0.5) is 0 Å². The number of hydrogen-bond donors (Lipinski definition) is 1. The molecule has 0 fully saturated rings. The summed E-state index contributed by atoms with van der Waals surface area (Å²) in [6.07, 6.45) is 1.87. The number of carboxylic acids is 1. The molecular formula is C15H14N2O4S. The van der Waals surface area contributed by atoms with E-state index in [1.165, 1.54) is 5.01 Å². The summed E-state index contributed by atoms with van der Waals surface area (Å²) < 4.78 is 5.35. The molecule has 2 aromatic heterocycles. The first-order valence-electron chi connectivity index (χ1n) is 6.84. The summed E-state index contributed by atoms with van der Waals surface area (Å²) in [5.74, 6) is -0.645. The van der Waals surface area contributed by atoms with Crippen molar-refractivity contribution >= 4 is 28.9 Å². The fraction of sp³-hybridized carbons (Fsp3) is 0.267. The molecule has 0 aromatic carbocycles. The van der Waals surface area contributed by atoms with E-state index in [0.717, 1.165) is 4.88 Å². The van der Waals surface area contributed by atoms with Gasteiger partial charge in [-0.1, -0.05) is 6.07 Å². The Kier molecular flexibility index (Phi) is 4.06. The summed E-state index contributed by atoms with van der Waals surface area (Å²) in [6.45, 7) is 0. The van der Waals surface area contributed by atoms with Crippen LogP contribution in [0.3, 0.4) is 0 Å². The quantitative estimate of drug-likeness (QED) is 0.919. The van der Waals surface area contributed by atoms with Gasteiger partial charge in [0.2, 0.25) is 5.91 Å². The van der Waals surface area contributed by atoms with E-state index in [-0.39, 0.29) is 24.8 Å². The molecule has 6 nitrogen and oxygen atoms in total. The molecule has 2 aromatic rings. The summed E-state index contributed by atoms with van der Waals surface area (Å²) in [5.41, 5.74) is 0.701. The normalized spacial score (nSPS) is 17.5. The molecule has 7 heteroatoms. The number of carboxylic acid groups (broad SMARTS) is 1. The van der Waals surface area contributed by atoms with Gasteiger partial charge in [-0.3, -0.25) is 9.59 Å². The molecule has 1 aliphatic heterocycles. The Labute approximate surface area is 130 Å². The third-order valence-corrected chi connectivity index (χ3v) is 4.37. The van der Waals surface area contributed by atoms with E-state index in [1.54, 1.807) is 29.7 Å². The monoisotopic (exact) mass is 318 g/mol. The number of carbonyl (C=O) groups excluding carboxylic acids is 1. The molecule has 0 saturated carbocycles. The number of nitrogens with zero attached hydrogens (tertiary/aromatic N) is 2. The van der Waals surface area contributed by atoms with Gasteiger partial charge in [0.1, 0.15) is 11.5 Å². The summed E-state index contributed by atoms with van der Waals surface area (Å²) in [5, 5.41) is 16.4. The first kappa shape index (κ1) is 14.5. The van der Waals surface area contributed by atoms with Crippen molar-refractivity contribution in [3.63, 3.8) is 0 Å². The predicted molar refractivity (Wildman–Crippen MR) is 80.6 cm³/mol. The average Bonchev–Trinajstić information content (AvgIpc) is 3.23. The van der Waals surface area contributed by atoms with E-state index in [1.807, 2.05) is 17.5 Å². The third-order valence-electron chi connectivity index (χ3n) is 3.40. The van der Waals surface area contributed by atoms with Crippen LogP contribution in [0.15, 0.2) is 45.4 Å². The fourth-order valence-corrected chi connectivity index (χ4v) is 3.17. The zero-order valence-corrected chi connectivity index (χ0v) is 12.5. The van der Waals surface area contributed by atoms with Gasteiger partial charge in [-0.05, 0) is 23.6 Å². The molecule has 114 valence electrons. The van der Waals surface area contributed by atoms with Gasteiger partial charge in [0.25, 0.3) is 0 Å². The zero-order valence-electron chi connectivity index (χ0n) is 11.6. The first-order chi connectivity index (χ1) is 10.6. The van der Waals surface area contributed by atoms with Crippen molar-refractivity contribution in [3.05, 3.63) is 46.5 Å². The minimum absolute atomic E-state index is 0.0633. The maximum absolute atomic E-state index is 12.3. The smallest absolute Gasteiger partial charge is 0.303 e. The van der Waals surface area contributed by atoms with Crippen LogP contribution in [0, 0.1) is 0 Å². The molecular weight excluding hydrogens is 304 g/mol. The molecule has 22 heavy (non-hydrogen) atoms. The lowest BCUT2D eigenvalue weighted by molar-refractivity contribution is -0.141. The Balaban J connectivity index is 1.84. The van der Waals surface area contributed by atoms with Crippen LogP contribution in [0.1, 0.15) is 35.9 Å². The molecule has 3 heterocycles. The number of carbonyl (C=O) groups is 2. The second kappa shape index (κ2) is 6.15. The fourth-order valence-electron chi connectivity index (χ4n) is 2.36. The number of furan rings is 1. The highest BCUT2D eigenvalue weighted by molar-refractivity contribution is 7.10. The summed E-state index contributed by atoms with van der Waals surface area (Å²) in [6, 6.07) is 7.25. The molecule has 1 amide bonds. The largest absolute Gasteiger partial charge is 0.481 e. The minimum atomic E-state index is -0.990. The highest BCUT2D eigenvalue weighted by atomic mass is 32.1. The van der Waals surface area contributed by atoms with Crippen LogP contribution in [-0.2, 0) is 9.59 Å². The van der Waals surface area contributed by atoms with E-state index in [4.69, 9.17) is 9.52 Å². The van der Waals surface area contributed by atoms with E-state index >= 15 is 0 Å². The Morgan fingerprint density at radius 3 is 2.86 bits per heavy atom. The number of rotatable bonds is 5. The zero-order chi connectivity index (χ0) is 15.5. The molecule has 1 N–H and O–H groups in total. The minimum Gasteiger partial charge on any atom is -0.481 e. The van der Waals surface area contributed by atoms with Crippen LogP contribution in [0.2, 0.25) is 0 Å². The van der Waals surface area contributed by atoms with Gasteiger partial charge >= 0.3 is 5.97 Å². The van der Waals surface area contributed by atoms with Crippen molar-refractivity contribution in [3.8, 4) is 0 Å². The SMILES string of the molecule is O=C(O)CCC(=O)N1N=C(c2ccco2)C[C@H]1c1cccs1. The van der Waals surface area contributed by atoms with Crippen molar-refractivity contribution in [2.24, 2.45) is 5.10 Å². The van der Waals surface area contributed by atoms with Crippen LogP contribution >= 0.6 is 11.3 Å². The van der Waals surface area contributed by atoms with Crippen LogP contribution in [0.25, 0.3) is 0 Å². The standard InChI is InChI=1S/C15H14N2O4S/c18-14(5-6-15(19)20)17-11(13-4-2-8-22-13)9-10(16-17)12-3-1-7-21-12/h1-4,7-8,11H,5-6,9H2,(H,19,20)/t11-/m0/s1. The van der Waals surface area contributed by atoms with Gasteiger partial charge < -0.3 is 9.52 Å². The van der Waals surface area contributed by atoms with Crippen molar-refractivity contribution in [2.75, 3.05) is 0 Å². The Hall–Kier alpha value is -2.41. The third kappa shape index (κ3) is 2.94. The number of thiophene rings is 1. The Morgan fingerprint density at radius 2 is 2.23 bits per heavy atom. The van der Waals surface area contributed by atoms with Crippen LogP contribution in [0.5, 0.6) is 0 Å². The Bertz CT molecular complexity index is 691. The topological polar surface area (TPSA) is 83.1 Å². The van der Waals surface area contributed by atoms with Gasteiger partial charge in [0.05, 0.1) is 18.7 Å². The van der Waals surface area contributed by atoms with E-state index < -0.39 is 5.97 Å². The average molecular weight is 318 g/mol. The highest BCUT2D eigenvalue weighted by Gasteiger charge is 2.34. The van der Waals surface area contributed by atoms with Gasteiger partial charge in [0, 0.05) is 17.7 Å². The second-order valence-electron chi connectivity index (χ2n) is 4.89. The lowest BCUT2D eigenvalue weighted by Crippen LogP contribution is -2.26. The molecule has 0 radical (unpaired) electrons. The lowest BCUT2D eigenvalue weighted by Gasteiger charge is -2.20. The molecule has 1 aliphatic rings. The molecule has 3 rings (SSSR count). The van der Waals surface area contributed by atoms with Crippen LogP contribution in [-0.4, -0.2) is 27.7 Å². The maximum Gasteiger partial charge on any atom is 0.303 e. The van der Waals surface area contributed by atoms with Gasteiger partial charge in [-0.2, -0.15) is 5.10 Å². The van der Waals surface area contributed by atoms with Crippen molar-refractivity contribution in [1.82, 2.24) is 5.01 Å². The van der Waals surface area contributed by atoms with E-state index in [2.05, 4.69) is 5.10 Å². The van der Waals surface area contributed by atoms with Gasteiger partial charge in [-0.25, -0.2) is 5.01 Å². The number of hydrazone groups is 1. The first-order valence-corrected chi connectivity index (χ1v) is 7.71. The molecule has 0 bridgehead atoms. The van der Waals surface area contributed by atoms with Crippen molar-refractivity contribution < 1.29 is 19.1 Å². The van der Waals surface area contributed by atoms with E-state index in [0.29, 0.717) is 17.9 Å². The van der Waals surface area contributed by atoms with Crippen molar-refractivity contribution in [1.29, 1.82) is 0 Å². The summed E-state index contributed by atoms with van der Waals surface area (Å²) >= 11 is 1.55. The highest BCUT2D eigenvalue weighted by Crippen LogP contribution is 2.35. The number of aliphatic carboxylic acids is 1. The summed E-state index contributed by atoms with van der Waals surface area (Å²) in [7, 11) is 0. The van der Waals surface area contributed by atoms with Crippen LogP contribution < -0.4 is 0 Å². The predicted octanol–water partition coefficient (Wildman–Crippen LogP) is 2.88. The molecule has 0 spiro atoms. The number of hydrogen-bond acceptors (Lipinski definition) is 5. The Morgan fingerprint density at radius 1 is 1.36 bits per heavy atom. The number of amides is 1. The van der Waals surface area contributed by atoms with Gasteiger partial charge in [-0.15, -0.1) is 11.3 Å². The van der Waals surface area contributed by atoms with Crippen molar-refractivity contribution in [2.45, 2.75) is 25.3 Å². The van der Waals surface area contributed by atoms with Gasteiger partial charge in [0.15, 0.2) is 0 Å². The van der Waals surface area contributed by atoms with E-state index in [9.17, 15) is 9.59 Å². The molecule has 0 saturated heterocycles. The second-order valence-corrected chi connectivity index (χ2v) is 5.87. The maximum atomic E-state index is 12.3. The summed E-state index contributed by atoms with van der Waals surface area (Å²) in [4.78, 5) is 24.0. The molecule has 1 atom stereocenters. The molecule has 0 aliphatic carbocycles. The molecule has 0 unspecified atom stereocenters. The lowest BCUT2D eigenvalue weighted by atomic mass is 10.1.